The van der Waals surface area contributed by atoms with Crippen LogP contribution in [0.2, 0.25) is 0 Å². The van der Waals surface area contributed by atoms with Crippen LogP contribution in [0.15, 0.2) is 0 Å². The van der Waals surface area contributed by atoms with E-state index < -0.39 is 0 Å². The number of nitrogens with zero attached hydrogens (tertiary/aromatic N) is 1. The van der Waals surface area contributed by atoms with Gasteiger partial charge in [-0.05, 0) is 20.0 Å². The Morgan fingerprint density at radius 2 is 1.70 bits per heavy atom. The Morgan fingerprint density at radius 1 is 1.30 bits per heavy atom. The molecule has 0 fully saturated rings. The number of hydrogen-bond acceptors (Lipinski definition) is 2. The third-order valence-corrected chi connectivity index (χ3v) is 1.42. The van der Waals surface area contributed by atoms with E-state index in [0.717, 1.165) is 19.6 Å². The first-order valence-corrected chi connectivity index (χ1v) is 3.61. The molecule has 3 heteroatoms. The largest absolute Gasteiger partial charge is 0.392 e. The summed E-state index contributed by atoms with van der Waals surface area (Å²) in [5.74, 6) is 0. The summed E-state index contributed by atoms with van der Waals surface area (Å²) in [7, 11) is 0. The Bertz CT molecular complexity index is 64.6. The van der Waals surface area contributed by atoms with E-state index in [1.54, 1.807) is 0 Å². The molecule has 0 spiro atoms. The molecule has 2 nitrogen and oxygen atoms in total. The molecule has 0 heterocycles. The van der Waals surface area contributed by atoms with Gasteiger partial charge in [-0.15, -0.1) is 0 Å². The maximum Gasteiger partial charge on any atom is 0.0639 e. The average molecular weight is 195 g/mol. The molecule has 0 aliphatic rings. The zero-order valence-electron chi connectivity index (χ0n) is 6.89. The van der Waals surface area contributed by atoms with E-state index in [1.807, 2.05) is 6.92 Å². The van der Waals surface area contributed by atoms with Gasteiger partial charge in [0.2, 0.25) is 0 Å². The summed E-state index contributed by atoms with van der Waals surface area (Å²) in [6, 6.07) is 0. The van der Waals surface area contributed by atoms with Crippen LogP contribution in [0.4, 0.5) is 0 Å². The SMILES string of the molecule is CCN(CC)CC(C)O.[Cu]. The van der Waals surface area contributed by atoms with Crippen molar-refractivity contribution in [2.75, 3.05) is 19.6 Å². The molecule has 0 aromatic heterocycles. The Balaban J connectivity index is 0. The van der Waals surface area contributed by atoms with E-state index in [4.69, 9.17) is 5.11 Å². The van der Waals surface area contributed by atoms with Gasteiger partial charge in [0.1, 0.15) is 0 Å². The van der Waals surface area contributed by atoms with Crippen molar-refractivity contribution in [3.8, 4) is 0 Å². The minimum Gasteiger partial charge on any atom is -0.392 e. The van der Waals surface area contributed by atoms with Gasteiger partial charge < -0.3 is 10.0 Å². The predicted molar refractivity (Wildman–Crippen MR) is 39.5 cm³/mol. The first kappa shape index (κ1) is 13.1. The molecule has 0 aromatic rings. The first-order valence-electron chi connectivity index (χ1n) is 3.61. The second-order valence-electron chi connectivity index (χ2n) is 2.33. The van der Waals surface area contributed by atoms with Crippen molar-refractivity contribution < 1.29 is 22.2 Å². The van der Waals surface area contributed by atoms with Crippen molar-refractivity contribution in [2.24, 2.45) is 0 Å². The zero-order chi connectivity index (χ0) is 7.28. The van der Waals surface area contributed by atoms with E-state index in [0.29, 0.717) is 0 Å². The van der Waals surface area contributed by atoms with Crippen LogP contribution in [0.1, 0.15) is 20.8 Å². The van der Waals surface area contributed by atoms with Gasteiger partial charge in [0.15, 0.2) is 0 Å². The number of hydrogen-bond donors (Lipinski definition) is 1. The van der Waals surface area contributed by atoms with Crippen molar-refractivity contribution >= 4 is 0 Å². The molecular formula is C7H17CuNO. The fraction of sp³-hybridized carbons (Fsp3) is 1.00. The second kappa shape index (κ2) is 7.55. The quantitative estimate of drug-likeness (QED) is 0.667. The van der Waals surface area contributed by atoms with Gasteiger partial charge in [0.25, 0.3) is 0 Å². The van der Waals surface area contributed by atoms with Gasteiger partial charge in [0.05, 0.1) is 6.10 Å². The van der Waals surface area contributed by atoms with E-state index in [2.05, 4.69) is 18.7 Å². The summed E-state index contributed by atoms with van der Waals surface area (Å²) in [6.07, 6.45) is -0.190. The molecule has 0 saturated carbocycles. The van der Waals surface area contributed by atoms with Crippen LogP contribution in [0, 0.1) is 0 Å². The smallest absolute Gasteiger partial charge is 0.0639 e. The van der Waals surface area contributed by atoms with Crippen molar-refractivity contribution in [3.63, 3.8) is 0 Å². The van der Waals surface area contributed by atoms with Crippen molar-refractivity contribution in [3.05, 3.63) is 0 Å². The van der Waals surface area contributed by atoms with Gasteiger partial charge >= 0.3 is 0 Å². The molecule has 1 atom stereocenters. The first-order chi connectivity index (χ1) is 4.20. The molecule has 1 N–H and O–H groups in total. The van der Waals surface area contributed by atoms with Crippen molar-refractivity contribution in [2.45, 2.75) is 26.9 Å². The summed E-state index contributed by atoms with van der Waals surface area (Å²) in [5, 5.41) is 8.94. The molecule has 67 valence electrons. The van der Waals surface area contributed by atoms with Crippen LogP contribution in [0.25, 0.3) is 0 Å². The van der Waals surface area contributed by atoms with Gasteiger partial charge in [-0.2, -0.15) is 0 Å². The summed E-state index contributed by atoms with van der Waals surface area (Å²) >= 11 is 0. The van der Waals surface area contributed by atoms with Gasteiger partial charge in [0, 0.05) is 23.6 Å². The molecule has 0 rings (SSSR count). The van der Waals surface area contributed by atoms with Crippen molar-refractivity contribution in [1.29, 1.82) is 0 Å². The van der Waals surface area contributed by atoms with E-state index in [9.17, 15) is 0 Å². The monoisotopic (exact) mass is 194 g/mol. The normalized spacial score (nSPS) is 12.9. The van der Waals surface area contributed by atoms with E-state index in [1.165, 1.54) is 0 Å². The van der Waals surface area contributed by atoms with Gasteiger partial charge in [-0.1, -0.05) is 13.8 Å². The third-order valence-electron chi connectivity index (χ3n) is 1.42. The standard InChI is InChI=1S/C7H17NO.Cu/c1-4-8(5-2)6-7(3)9;/h7,9H,4-6H2,1-3H3;. The topological polar surface area (TPSA) is 23.5 Å². The fourth-order valence-corrected chi connectivity index (χ4v) is 0.855. The van der Waals surface area contributed by atoms with Gasteiger partial charge in [-0.3, -0.25) is 0 Å². The Kier molecular flexibility index (Phi) is 9.85. The molecule has 0 saturated heterocycles. The van der Waals surface area contributed by atoms with Crippen LogP contribution in [-0.4, -0.2) is 35.7 Å². The van der Waals surface area contributed by atoms with Crippen LogP contribution in [0.5, 0.6) is 0 Å². The van der Waals surface area contributed by atoms with Crippen LogP contribution in [-0.2, 0) is 17.1 Å². The molecule has 0 bridgehead atoms. The van der Waals surface area contributed by atoms with Crippen LogP contribution >= 0.6 is 0 Å². The number of rotatable bonds is 4. The van der Waals surface area contributed by atoms with E-state index in [-0.39, 0.29) is 23.2 Å². The summed E-state index contributed by atoms with van der Waals surface area (Å²) in [4.78, 5) is 2.20. The van der Waals surface area contributed by atoms with Crippen LogP contribution in [0.3, 0.4) is 0 Å². The summed E-state index contributed by atoms with van der Waals surface area (Å²) in [6.45, 7) is 8.88. The number of likely N-dealkylation sites (N-methyl/N-ethyl adjacent to an activating group) is 1. The van der Waals surface area contributed by atoms with Gasteiger partial charge in [-0.25, -0.2) is 0 Å². The Labute approximate surface area is 74.1 Å². The molecular weight excluding hydrogens is 178 g/mol. The van der Waals surface area contributed by atoms with Crippen molar-refractivity contribution in [1.82, 2.24) is 4.90 Å². The number of aliphatic hydroxyl groups excluding tert-OH is 1. The fourth-order valence-electron chi connectivity index (χ4n) is 0.855. The Hall–Kier alpha value is 0.439. The molecule has 0 aliphatic heterocycles. The summed E-state index contributed by atoms with van der Waals surface area (Å²) < 4.78 is 0. The average Bonchev–Trinajstić information content (AvgIpc) is 1.82. The maximum atomic E-state index is 8.94. The third kappa shape index (κ3) is 6.56. The molecule has 0 aromatic carbocycles. The molecule has 0 aliphatic carbocycles. The molecule has 10 heavy (non-hydrogen) atoms. The molecule has 1 radical (unpaired) electrons. The molecule has 1 unspecified atom stereocenters. The summed E-state index contributed by atoms with van der Waals surface area (Å²) in [5.41, 5.74) is 0. The second-order valence-corrected chi connectivity index (χ2v) is 2.33. The zero-order valence-corrected chi connectivity index (χ0v) is 7.84. The number of aliphatic hydroxyl groups is 1. The molecule has 0 amide bonds. The predicted octanol–water partition coefficient (Wildman–Crippen LogP) is 0.706. The Morgan fingerprint density at radius 3 is 1.80 bits per heavy atom. The van der Waals surface area contributed by atoms with Crippen LogP contribution < -0.4 is 0 Å². The maximum absolute atomic E-state index is 8.94. The minimum atomic E-state index is -0.190. The van der Waals surface area contributed by atoms with E-state index >= 15 is 0 Å². The minimum absolute atomic E-state index is 0.